The van der Waals surface area contributed by atoms with Crippen LogP contribution in [0.25, 0.3) is 21.5 Å². The van der Waals surface area contributed by atoms with Gasteiger partial charge in [-0.2, -0.15) is 0 Å². The molecule has 4 rings (SSSR count). The number of carbonyl (C=O) groups excluding carboxylic acids is 2. The van der Waals surface area contributed by atoms with Gasteiger partial charge in [0.2, 0.25) is 0 Å². The Morgan fingerprint density at radius 1 is 0.750 bits per heavy atom. The van der Waals surface area contributed by atoms with Crippen LogP contribution in [-0.2, 0) is 0 Å². The minimum absolute atomic E-state index is 0.335. The monoisotopic (exact) mass is 281 g/mol. The molecule has 0 spiro atoms. The third-order valence-corrected chi connectivity index (χ3v) is 3.90. The van der Waals surface area contributed by atoms with E-state index in [4.69, 9.17) is 11.6 Å². The Bertz CT molecular complexity index is 931. The van der Waals surface area contributed by atoms with Gasteiger partial charge in [0.15, 0.2) is 0 Å². The summed E-state index contributed by atoms with van der Waals surface area (Å²) in [6.07, 6.45) is 0. The molecular formula is C16H8ClNO2. The Kier molecular flexibility index (Phi) is 2.18. The maximum absolute atomic E-state index is 12.1. The molecule has 0 aliphatic carbocycles. The number of amides is 2. The summed E-state index contributed by atoms with van der Waals surface area (Å²) in [7, 11) is 0. The zero-order valence-electron chi connectivity index (χ0n) is 10.2. The Balaban J connectivity index is 2.36. The molecule has 1 heterocycles. The molecule has 0 unspecified atom stereocenters. The number of imide groups is 1. The molecule has 20 heavy (non-hydrogen) atoms. The van der Waals surface area contributed by atoms with Crippen LogP contribution in [0, 0.1) is 0 Å². The summed E-state index contributed by atoms with van der Waals surface area (Å²) in [5.41, 5.74) is 0.904. The molecule has 0 saturated carbocycles. The Labute approximate surface area is 119 Å². The lowest BCUT2D eigenvalue weighted by Gasteiger charge is -2.09. The number of fused-ring (bicyclic) bond motifs is 6. The number of rotatable bonds is 0. The highest BCUT2D eigenvalue weighted by molar-refractivity contribution is 6.35. The molecule has 0 fully saturated rings. The van der Waals surface area contributed by atoms with Crippen molar-refractivity contribution in [1.29, 1.82) is 0 Å². The van der Waals surface area contributed by atoms with Crippen LogP contribution < -0.4 is 5.32 Å². The Morgan fingerprint density at radius 3 is 2.05 bits per heavy atom. The normalized spacial score (nSPS) is 13.8. The highest BCUT2D eigenvalue weighted by Gasteiger charge is 2.31. The van der Waals surface area contributed by atoms with E-state index in [2.05, 4.69) is 5.32 Å². The number of carbonyl (C=O) groups is 2. The molecule has 0 saturated heterocycles. The minimum atomic E-state index is -0.344. The van der Waals surface area contributed by atoms with Gasteiger partial charge in [0.1, 0.15) is 0 Å². The second-order valence-electron chi connectivity index (χ2n) is 4.77. The third kappa shape index (κ3) is 1.35. The van der Waals surface area contributed by atoms with Crippen molar-refractivity contribution >= 4 is 45.0 Å². The van der Waals surface area contributed by atoms with Gasteiger partial charge in [-0.3, -0.25) is 14.9 Å². The first-order valence-corrected chi connectivity index (χ1v) is 6.54. The second-order valence-corrected chi connectivity index (χ2v) is 5.21. The summed E-state index contributed by atoms with van der Waals surface area (Å²) in [4.78, 5) is 24.1. The van der Waals surface area contributed by atoms with Crippen molar-refractivity contribution in [2.24, 2.45) is 0 Å². The minimum Gasteiger partial charge on any atom is -0.288 e. The van der Waals surface area contributed by atoms with Crippen molar-refractivity contribution < 1.29 is 9.59 Å². The third-order valence-electron chi connectivity index (χ3n) is 3.67. The summed E-state index contributed by atoms with van der Waals surface area (Å²) < 4.78 is 0. The highest BCUT2D eigenvalue weighted by atomic mass is 35.5. The van der Waals surface area contributed by atoms with Crippen LogP contribution in [-0.4, -0.2) is 11.8 Å². The van der Waals surface area contributed by atoms with E-state index in [1.54, 1.807) is 12.1 Å². The SMILES string of the molecule is O=C1NC(=O)c2c1c1ccccc1c1cc(Cl)ccc21. The lowest BCUT2D eigenvalue weighted by Crippen LogP contribution is -2.20. The molecule has 1 N–H and O–H groups in total. The van der Waals surface area contributed by atoms with Gasteiger partial charge in [0.25, 0.3) is 11.8 Å². The van der Waals surface area contributed by atoms with Gasteiger partial charge < -0.3 is 0 Å². The van der Waals surface area contributed by atoms with Gasteiger partial charge in [-0.1, -0.05) is 41.9 Å². The summed E-state index contributed by atoms with van der Waals surface area (Å²) in [6.45, 7) is 0. The number of hydrogen-bond acceptors (Lipinski definition) is 2. The van der Waals surface area contributed by atoms with Crippen LogP contribution in [0.3, 0.4) is 0 Å². The molecule has 3 aromatic carbocycles. The summed E-state index contributed by atoms with van der Waals surface area (Å²) >= 11 is 6.07. The fourth-order valence-electron chi connectivity index (χ4n) is 2.86. The van der Waals surface area contributed by atoms with Crippen LogP contribution in [0.5, 0.6) is 0 Å². The van der Waals surface area contributed by atoms with Crippen LogP contribution in [0.1, 0.15) is 20.7 Å². The standard InChI is InChI=1S/C16H8ClNO2/c17-8-5-6-11-12(7-8)9-3-1-2-4-10(9)13-14(11)16(20)18-15(13)19/h1-7H,(H,18,19,20). The molecule has 0 aromatic heterocycles. The smallest absolute Gasteiger partial charge is 0.259 e. The van der Waals surface area contributed by atoms with Crippen molar-refractivity contribution in [3.8, 4) is 0 Å². The average Bonchev–Trinajstić information content (AvgIpc) is 2.74. The number of nitrogens with one attached hydrogen (secondary N) is 1. The van der Waals surface area contributed by atoms with E-state index in [9.17, 15) is 9.59 Å². The number of halogens is 1. The van der Waals surface area contributed by atoms with E-state index >= 15 is 0 Å². The first kappa shape index (κ1) is 11.4. The van der Waals surface area contributed by atoms with Gasteiger partial charge in [-0.05, 0) is 33.7 Å². The predicted molar refractivity (Wildman–Crippen MR) is 78.3 cm³/mol. The van der Waals surface area contributed by atoms with Gasteiger partial charge in [-0.15, -0.1) is 0 Å². The first-order valence-electron chi connectivity index (χ1n) is 6.16. The Morgan fingerprint density at radius 2 is 1.35 bits per heavy atom. The van der Waals surface area contributed by atoms with E-state index < -0.39 is 0 Å². The maximum atomic E-state index is 12.1. The second kappa shape index (κ2) is 3.81. The molecule has 1 aliphatic heterocycles. The van der Waals surface area contributed by atoms with E-state index in [1.807, 2.05) is 30.3 Å². The molecule has 4 heteroatoms. The van der Waals surface area contributed by atoms with E-state index in [0.29, 0.717) is 16.1 Å². The van der Waals surface area contributed by atoms with Crippen LogP contribution in [0.15, 0.2) is 42.5 Å². The summed E-state index contributed by atoms with van der Waals surface area (Å²) in [5.74, 6) is -0.680. The molecular weight excluding hydrogens is 274 g/mol. The molecule has 1 aliphatic rings. The molecule has 3 nitrogen and oxygen atoms in total. The highest BCUT2D eigenvalue weighted by Crippen LogP contribution is 2.36. The molecule has 0 bridgehead atoms. The fourth-order valence-corrected chi connectivity index (χ4v) is 3.03. The lowest BCUT2D eigenvalue weighted by atomic mass is 9.93. The largest absolute Gasteiger partial charge is 0.288 e. The number of hydrogen-bond donors (Lipinski definition) is 1. The van der Waals surface area contributed by atoms with Gasteiger partial charge in [0.05, 0.1) is 11.1 Å². The fraction of sp³-hybridized carbons (Fsp3) is 0. The molecule has 0 radical (unpaired) electrons. The van der Waals surface area contributed by atoms with Crippen molar-refractivity contribution in [1.82, 2.24) is 5.32 Å². The van der Waals surface area contributed by atoms with E-state index in [1.165, 1.54) is 0 Å². The summed E-state index contributed by atoms with van der Waals surface area (Å²) in [5, 5.41) is 6.32. The van der Waals surface area contributed by atoms with Gasteiger partial charge in [0, 0.05) is 5.02 Å². The zero-order valence-corrected chi connectivity index (χ0v) is 11.0. The van der Waals surface area contributed by atoms with Crippen LogP contribution >= 0.6 is 11.6 Å². The van der Waals surface area contributed by atoms with Gasteiger partial charge >= 0.3 is 0 Å². The number of benzene rings is 3. The van der Waals surface area contributed by atoms with E-state index in [-0.39, 0.29) is 11.8 Å². The van der Waals surface area contributed by atoms with Crippen molar-refractivity contribution in [3.05, 3.63) is 58.6 Å². The molecule has 3 aromatic rings. The maximum Gasteiger partial charge on any atom is 0.259 e. The van der Waals surface area contributed by atoms with Crippen molar-refractivity contribution in [2.75, 3.05) is 0 Å². The van der Waals surface area contributed by atoms with E-state index in [0.717, 1.165) is 21.5 Å². The zero-order chi connectivity index (χ0) is 13.9. The predicted octanol–water partition coefficient (Wildman–Crippen LogP) is 3.53. The van der Waals surface area contributed by atoms with Crippen molar-refractivity contribution in [3.63, 3.8) is 0 Å². The topological polar surface area (TPSA) is 46.2 Å². The van der Waals surface area contributed by atoms with Crippen LogP contribution in [0.4, 0.5) is 0 Å². The van der Waals surface area contributed by atoms with Crippen molar-refractivity contribution in [2.45, 2.75) is 0 Å². The lowest BCUT2D eigenvalue weighted by molar-refractivity contribution is 0.0880. The van der Waals surface area contributed by atoms with Gasteiger partial charge in [-0.25, -0.2) is 0 Å². The quantitative estimate of drug-likeness (QED) is 0.506. The van der Waals surface area contributed by atoms with Crippen LogP contribution in [0.2, 0.25) is 5.02 Å². The molecule has 96 valence electrons. The summed E-state index contributed by atoms with van der Waals surface area (Å²) in [6, 6.07) is 12.9. The average molecular weight is 282 g/mol. The first-order chi connectivity index (χ1) is 9.66. The Hall–Kier alpha value is -2.39. The molecule has 0 atom stereocenters. The molecule has 2 amide bonds.